The van der Waals surface area contributed by atoms with Crippen LogP contribution in [0.3, 0.4) is 0 Å². The van der Waals surface area contributed by atoms with Crippen LogP contribution >= 0.6 is 23.2 Å². The van der Waals surface area contributed by atoms with Crippen LogP contribution in [-0.4, -0.2) is 40.6 Å². The summed E-state index contributed by atoms with van der Waals surface area (Å²) >= 11 is 12.3. The van der Waals surface area contributed by atoms with Gasteiger partial charge in [-0.05, 0) is 49.4 Å². The first-order valence-electron chi connectivity index (χ1n) is 10.5. The Kier molecular flexibility index (Phi) is 5.07. The SMILES string of the molecule is C[C@H](O)C1[C@H](N)C(c2cccc(Cl)c2F)[C@@]2(C(=O)Nc3cc(Cl)ccc32)N1CC1CC1. The monoisotopic (exact) mass is 463 g/mol. The van der Waals surface area contributed by atoms with Crippen LogP contribution in [0.2, 0.25) is 10.0 Å². The van der Waals surface area contributed by atoms with Gasteiger partial charge in [-0.25, -0.2) is 4.39 Å². The minimum atomic E-state index is -1.27. The van der Waals surface area contributed by atoms with Gasteiger partial charge in [-0.1, -0.05) is 41.4 Å². The lowest BCUT2D eigenvalue weighted by Gasteiger charge is -2.40. The lowest BCUT2D eigenvalue weighted by molar-refractivity contribution is -0.128. The third kappa shape index (κ3) is 3.04. The summed E-state index contributed by atoms with van der Waals surface area (Å²) < 4.78 is 15.3. The number of carbonyl (C=O) groups is 1. The van der Waals surface area contributed by atoms with E-state index in [1.807, 2.05) is 11.0 Å². The molecule has 164 valence electrons. The molecule has 8 heteroatoms. The molecule has 1 saturated heterocycles. The summed E-state index contributed by atoms with van der Waals surface area (Å²) in [5.41, 5.74) is 7.05. The van der Waals surface area contributed by atoms with Crippen molar-refractivity contribution in [1.29, 1.82) is 0 Å². The van der Waals surface area contributed by atoms with Crippen molar-refractivity contribution >= 4 is 34.8 Å². The molecule has 5 rings (SSSR count). The van der Waals surface area contributed by atoms with E-state index in [1.165, 1.54) is 6.07 Å². The first kappa shape index (κ1) is 21.2. The lowest BCUT2D eigenvalue weighted by atomic mass is 9.73. The number of rotatable bonds is 4. The van der Waals surface area contributed by atoms with Crippen molar-refractivity contribution in [1.82, 2.24) is 4.90 Å². The maximum atomic E-state index is 15.3. The second-order valence-corrected chi connectivity index (χ2v) is 9.78. The second-order valence-electron chi connectivity index (χ2n) is 8.94. The van der Waals surface area contributed by atoms with Gasteiger partial charge < -0.3 is 16.2 Å². The minimum Gasteiger partial charge on any atom is -0.392 e. The molecular weight excluding hydrogens is 440 g/mol. The number of carbonyl (C=O) groups excluding carboxylic acids is 1. The average molecular weight is 464 g/mol. The Balaban J connectivity index is 1.80. The zero-order valence-corrected chi connectivity index (χ0v) is 18.5. The van der Waals surface area contributed by atoms with Gasteiger partial charge in [-0.2, -0.15) is 0 Å². The van der Waals surface area contributed by atoms with Gasteiger partial charge >= 0.3 is 0 Å². The summed E-state index contributed by atoms with van der Waals surface area (Å²) in [6.07, 6.45) is 1.29. The molecule has 1 aliphatic carbocycles. The Labute approximate surface area is 190 Å². The summed E-state index contributed by atoms with van der Waals surface area (Å²) in [5, 5.41) is 14.2. The van der Waals surface area contributed by atoms with E-state index in [9.17, 15) is 9.90 Å². The van der Waals surface area contributed by atoms with Crippen molar-refractivity contribution in [2.45, 2.75) is 49.4 Å². The molecule has 2 heterocycles. The van der Waals surface area contributed by atoms with E-state index in [-0.39, 0.29) is 16.5 Å². The van der Waals surface area contributed by atoms with Gasteiger partial charge in [0.15, 0.2) is 0 Å². The number of likely N-dealkylation sites (tertiary alicyclic amines) is 1. The molecule has 4 N–H and O–H groups in total. The highest BCUT2D eigenvalue weighted by molar-refractivity contribution is 6.31. The van der Waals surface area contributed by atoms with Gasteiger partial charge in [0.2, 0.25) is 5.91 Å². The van der Waals surface area contributed by atoms with E-state index in [1.54, 1.807) is 31.2 Å². The number of aliphatic hydroxyl groups excluding tert-OH is 1. The molecule has 0 aromatic heterocycles. The number of nitrogens with zero attached hydrogens (tertiary/aromatic N) is 1. The largest absolute Gasteiger partial charge is 0.392 e. The summed E-state index contributed by atoms with van der Waals surface area (Å²) in [6, 6.07) is 8.78. The van der Waals surface area contributed by atoms with E-state index >= 15 is 4.39 Å². The fraction of sp³-hybridized carbons (Fsp3) is 0.435. The van der Waals surface area contributed by atoms with Gasteiger partial charge in [-0.15, -0.1) is 0 Å². The normalized spacial score (nSPS) is 31.2. The molecule has 0 radical (unpaired) electrons. The molecule has 0 bridgehead atoms. The van der Waals surface area contributed by atoms with Crippen LogP contribution in [0, 0.1) is 11.7 Å². The third-order valence-corrected chi connectivity index (χ3v) is 7.52. The van der Waals surface area contributed by atoms with Crippen molar-refractivity contribution in [3.8, 4) is 0 Å². The van der Waals surface area contributed by atoms with E-state index in [4.69, 9.17) is 28.9 Å². The van der Waals surface area contributed by atoms with E-state index in [0.717, 1.165) is 12.8 Å². The molecule has 5 atom stereocenters. The van der Waals surface area contributed by atoms with Gasteiger partial charge in [0.25, 0.3) is 0 Å². The molecule has 5 nitrogen and oxygen atoms in total. The van der Waals surface area contributed by atoms with Crippen LogP contribution < -0.4 is 11.1 Å². The van der Waals surface area contributed by atoms with Crippen LogP contribution in [0.15, 0.2) is 36.4 Å². The Morgan fingerprint density at radius 2 is 2.06 bits per heavy atom. The molecule has 2 aliphatic heterocycles. The number of benzene rings is 2. The van der Waals surface area contributed by atoms with Crippen LogP contribution in [0.25, 0.3) is 0 Å². The number of halogens is 3. The molecule has 1 saturated carbocycles. The highest BCUT2D eigenvalue weighted by Crippen LogP contribution is 2.58. The summed E-state index contributed by atoms with van der Waals surface area (Å²) in [6.45, 7) is 2.27. The Hall–Kier alpha value is -1.70. The Morgan fingerprint density at radius 1 is 1.32 bits per heavy atom. The predicted molar refractivity (Wildman–Crippen MR) is 119 cm³/mol. The van der Waals surface area contributed by atoms with Gasteiger partial charge in [0, 0.05) is 34.8 Å². The molecule has 2 fully saturated rings. The smallest absolute Gasteiger partial charge is 0.250 e. The molecule has 31 heavy (non-hydrogen) atoms. The fourth-order valence-electron chi connectivity index (χ4n) is 5.60. The first-order chi connectivity index (χ1) is 14.8. The molecule has 2 unspecified atom stereocenters. The van der Waals surface area contributed by atoms with Gasteiger partial charge in [-0.3, -0.25) is 9.69 Å². The van der Waals surface area contributed by atoms with E-state index in [0.29, 0.717) is 28.7 Å². The average Bonchev–Trinajstić information content (AvgIpc) is 3.42. The summed E-state index contributed by atoms with van der Waals surface area (Å²) in [5.74, 6) is -1.20. The van der Waals surface area contributed by atoms with E-state index < -0.39 is 35.5 Å². The molecule has 1 spiro atoms. The summed E-state index contributed by atoms with van der Waals surface area (Å²) in [4.78, 5) is 15.8. The molecule has 2 aromatic rings. The highest BCUT2D eigenvalue weighted by Gasteiger charge is 2.67. The maximum Gasteiger partial charge on any atom is 0.250 e. The van der Waals surface area contributed by atoms with Crippen LogP contribution in [0.5, 0.6) is 0 Å². The fourth-order valence-corrected chi connectivity index (χ4v) is 5.96. The van der Waals surface area contributed by atoms with Crippen molar-refractivity contribution < 1.29 is 14.3 Å². The predicted octanol–water partition coefficient (Wildman–Crippen LogP) is 3.87. The molecule has 1 amide bonds. The number of hydrogen-bond donors (Lipinski definition) is 3. The standard InChI is InChI=1S/C23H24Cl2FN3O2/c1-11(30)21-20(27)18(14-3-2-4-16(25)19(14)26)23(29(21)10-12-5-6-12)15-8-7-13(24)9-17(15)28-22(23)31/h2-4,7-9,11-12,18,20-21,30H,5-6,10,27H2,1H3,(H,28,31)/t11-,18?,20+,21?,23-/m0/s1. The summed E-state index contributed by atoms with van der Waals surface area (Å²) in [7, 11) is 0. The van der Waals surface area contributed by atoms with Gasteiger partial charge in [0.05, 0.1) is 17.2 Å². The minimum absolute atomic E-state index is 0.0242. The molecule has 3 aliphatic rings. The molecular formula is C23H24Cl2FN3O2. The zero-order valence-electron chi connectivity index (χ0n) is 17.0. The molecule has 2 aromatic carbocycles. The number of hydrogen-bond acceptors (Lipinski definition) is 4. The Bertz CT molecular complexity index is 1060. The number of anilines is 1. The maximum absolute atomic E-state index is 15.3. The lowest BCUT2D eigenvalue weighted by Crippen LogP contribution is -2.55. The van der Waals surface area contributed by atoms with Crippen LogP contribution in [0.1, 0.15) is 36.8 Å². The quantitative estimate of drug-likeness (QED) is 0.642. The number of aliphatic hydroxyl groups is 1. The van der Waals surface area contributed by atoms with Gasteiger partial charge in [0.1, 0.15) is 11.4 Å². The van der Waals surface area contributed by atoms with Crippen molar-refractivity contribution in [2.24, 2.45) is 11.7 Å². The van der Waals surface area contributed by atoms with Crippen molar-refractivity contribution in [3.63, 3.8) is 0 Å². The van der Waals surface area contributed by atoms with Crippen molar-refractivity contribution in [3.05, 3.63) is 63.4 Å². The third-order valence-electron chi connectivity index (χ3n) is 6.99. The topological polar surface area (TPSA) is 78.6 Å². The van der Waals surface area contributed by atoms with Crippen LogP contribution in [0.4, 0.5) is 10.1 Å². The zero-order chi connectivity index (χ0) is 22.1. The Morgan fingerprint density at radius 3 is 2.74 bits per heavy atom. The number of amides is 1. The highest BCUT2D eigenvalue weighted by atomic mass is 35.5. The second kappa shape index (κ2) is 7.42. The number of nitrogens with one attached hydrogen (secondary N) is 1. The van der Waals surface area contributed by atoms with E-state index in [2.05, 4.69) is 5.32 Å². The number of fused-ring (bicyclic) bond motifs is 2. The first-order valence-corrected chi connectivity index (χ1v) is 11.3. The van der Waals surface area contributed by atoms with Crippen molar-refractivity contribution in [2.75, 3.05) is 11.9 Å². The van der Waals surface area contributed by atoms with Crippen LogP contribution in [-0.2, 0) is 10.3 Å². The number of nitrogens with two attached hydrogens (primary N) is 1.